The van der Waals surface area contributed by atoms with Gasteiger partial charge in [0.1, 0.15) is 5.82 Å². The van der Waals surface area contributed by atoms with Gasteiger partial charge in [0, 0.05) is 12.2 Å². The zero-order chi connectivity index (χ0) is 15.5. The molecule has 1 aromatic carbocycles. The van der Waals surface area contributed by atoms with Crippen molar-refractivity contribution in [1.82, 2.24) is 4.72 Å². The third-order valence-electron chi connectivity index (χ3n) is 3.16. The Morgan fingerprint density at radius 2 is 2.29 bits per heavy atom. The Hall–Kier alpha value is -1.46. The predicted octanol–water partition coefficient (Wildman–Crippen LogP) is 0.593. The van der Waals surface area contributed by atoms with E-state index in [-0.39, 0.29) is 17.0 Å². The second-order valence-electron chi connectivity index (χ2n) is 5.12. The van der Waals surface area contributed by atoms with Crippen LogP contribution in [0, 0.1) is 17.7 Å². The smallest absolute Gasteiger partial charge is 0.242 e. The van der Waals surface area contributed by atoms with E-state index < -0.39 is 21.4 Å². The van der Waals surface area contributed by atoms with Crippen molar-refractivity contribution in [3.8, 4) is 11.8 Å². The highest BCUT2D eigenvalue weighted by molar-refractivity contribution is 7.89. The van der Waals surface area contributed by atoms with Crippen molar-refractivity contribution in [2.45, 2.75) is 23.8 Å². The summed E-state index contributed by atoms with van der Waals surface area (Å²) in [5.74, 6) is 4.58. The Morgan fingerprint density at radius 3 is 2.90 bits per heavy atom. The van der Waals surface area contributed by atoms with E-state index >= 15 is 0 Å². The van der Waals surface area contributed by atoms with Gasteiger partial charge in [0.05, 0.1) is 23.6 Å². The lowest BCUT2D eigenvalue weighted by Crippen LogP contribution is -2.46. The molecule has 0 amide bonds. The third kappa shape index (κ3) is 3.80. The average Bonchev–Trinajstić information content (AvgIpc) is 2.81. The number of benzene rings is 1. The number of halogens is 1. The molecule has 0 saturated carbocycles. The topological polar surface area (TPSA) is 81.4 Å². The van der Waals surface area contributed by atoms with Gasteiger partial charge >= 0.3 is 0 Å². The lowest BCUT2D eigenvalue weighted by molar-refractivity contribution is 0.178. The van der Waals surface area contributed by atoms with Crippen molar-refractivity contribution < 1.29 is 17.5 Å². The maximum absolute atomic E-state index is 13.3. The van der Waals surface area contributed by atoms with Crippen LogP contribution in [0.25, 0.3) is 0 Å². The number of ether oxygens (including phenoxy) is 1. The number of rotatable bonds is 3. The lowest BCUT2D eigenvalue weighted by atomic mass is 10.0. The number of hydrogen-bond acceptors (Lipinski definition) is 4. The highest BCUT2D eigenvalue weighted by atomic mass is 32.2. The maximum atomic E-state index is 13.3. The molecule has 0 aromatic heterocycles. The van der Waals surface area contributed by atoms with Crippen LogP contribution in [-0.2, 0) is 14.8 Å². The molecule has 1 heterocycles. The van der Waals surface area contributed by atoms with Gasteiger partial charge < -0.3 is 10.5 Å². The number of sulfonamides is 1. The molecule has 0 bridgehead atoms. The third-order valence-corrected chi connectivity index (χ3v) is 4.85. The van der Waals surface area contributed by atoms with Crippen LogP contribution in [0.5, 0.6) is 0 Å². The van der Waals surface area contributed by atoms with E-state index in [0.717, 1.165) is 12.1 Å². The molecule has 0 spiro atoms. The first-order chi connectivity index (χ1) is 9.86. The molecule has 1 aromatic rings. The molecule has 7 heteroatoms. The van der Waals surface area contributed by atoms with Crippen molar-refractivity contribution in [1.29, 1.82) is 0 Å². The van der Waals surface area contributed by atoms with Crippen LogP contribution in [0.15, 0.2) is 23.1 Å². The minimum absolute atomic E-state index is 0.0574. The molecule has 1 aliphatic heterocycles. The Morgan fingerprint density at radius 1 is 1.52 bits per heavy atom. The minimum Gasteiger partial charge on any atom is -0.379 e. The van der Waals surface area contributed by atoms with E-state index in [9.17, 15) is 12.8 Å². The van der Waals surface area contributed by atoms with Crippen LogP contribution in [0.3, 0.4) is 0 Å². The number of hydrogen-bond donors (Lipinski definition) is 2. The second-order valence-corrected chi connectivity index (χ2v) is 6.77. The summed E-state index contributed by atoms with van der Waals surface area (Å²) >= 11 is 0. The Balaban J connectivity index is 2.39. The van der Waals surface area contributed by atoms with Crippen molar-refractivity contribution in [2.24, 2.45) is 5.73 Å². The standard InChI is InChI=1S/C14H17FN2O3S/c1-14(6-8-20-10-14)17-21(18,19)13-5-4-12(15)9-11(13)3-2-7-16/h4-5,9,17H,6-8,10,16H2,1H3. The average molecular weight is 312 g/mol. The van der Waals surface area contributed by atoms with Gasteiger partial charge in [-0.25, -0.2) is 17.5 Å². The summed E-state index contributed by atoms with van der Waals surface area (Å²) in [4.78, 5) is -0.0574. The number of nitrogens with two attached hydrogens (primary N) is 1. The largest absolute Gasteiger partial charge is 0.379 e. The second kappa shape index (κ2) is 6.12. The molecular weight excluding hydrogens is 295 g/mol. The quantitative estimate of drug-likeness (QED) is 0.801. The molecule has 0 radical (unpaired) electrons. The highest BCUT2D eigenvalue weighted by Gasteiger charge is 2.35. The van der Waals surface area contributed by atoms with E-state index in [1.807, 2.05) is 0 Å². The summed E-state index contributed by atoms with van der Waals surface area (Å²) < 4.78 is 46.1. The first-order valence-corrected chi connectivity index (χ1v) is 7.95. The maximum Gasteiger partial charge on any atom is 0.242 e. The molecule has 114 valence electrons. The summed E-state index contributed by atoms with van der Waals surface area (Å²) in [7, 11) is -3.82. The molecule has 5 nitrogen and oxygen atoms in total. The highest BCUT2D eigenvalue weighted by Crippen LogP contribution is 2.23. The first-order valence-electron chi connectivity index (χ1n) is 6.46. The fourth-order valence-electron chi connectivity index (χ4n) is 2.11. The van der Waals surface area contributed by atoms with Crippen LogP contribution in [0.2, 0.25) is 0 Å². The number of nitrogens with one attached hydrogen (secondary N) is 1. The van der Waals surface area contributed by atoms with Crippen molar-refractivity contribution in [2.75, 3.05) is 19.8 Å². The SMILES string of the molecule is CC1(NS(=O)(=O)c2ccc(F)cc2C#CCN)CCOC1. The van der Waals surface area contributed by atoms with Crippen LogP contribution >= 0.6 is 0 Å². The zero-order valence-electron chi connectivity index (χ0n) is 11.6. The summed E-state index contributed by atoms with van der Waals surface area (Å²) in [6.07, 6.45) is 0.581. The molecule has 1 unspecified atom stereocenters. The van der Waals surface area contributed by atoms with E-state index in [0.29, 0.717) is 19.6 Å². The van der Waals surface area contributed by atoms with Crippen LogP contribution in [0.4, 0.5) is 4.39 Å². The first kappa shape index (κ1) is 15.9. The van der Waals surface area contributed by atoms with Crippen molar-refractivity contribution in [3.63, 3.8) is 0 Å². The predicted molar refractivity (Wildman–Crippen MR) is 76.5 cm³/mol. The molecule has 3 N–H and O–H groups in total. The monoisotopic (exact) mass is 312 g/mol. The van der Waals surface area contributed by atoms with Gasteiger partial charge in [-0.1, -0.05) is 11.8 Å². The Kier molecular flexibility index (Phi) is 4.64. The molecule has 1 saturated heterocycles. The molecule has 21 heavy (non-hydrogen) atoms. The van der Waals surface area contributed by atoms with Crippen LogP contribution in [-0.4, -0.2) is 33.7 Å². The van der Waals surface area contributed by atoms with E-state index in [1.54, 1.807) is 6.92 Å². The van der Waals surface area contributed by atoms with Crippen LogP contribution < -0.4 is 10.5 Å². The fraction of sp³-hybridized carbons (Fsp3) is 0.429. The summed E-state index contributed by atoms with van der Waals surface area (Å²) in [5, 5.41) is 0. The molecule has 2 rings (SSSR count). The van der Waals surface area contributed by atoms with Gasteiger partial charge in [0.25, 0.3) is 0 Å². The Bertz CT molecular complexity index is 686. The molecule has 0 aliphatic carbocycles. The van der Waals surface area contributed by atoms with Gasteiger partial charge in [0.15, 0.2) is 0 Å². The Labute approximate surface area is 123 Å². The van der Waals surface area contributed by atoms with Gasteiger partial charge in [-0.05, 0) is 31.5 Å². The molecular formula is C14H17FN2O3S. The van der Waals surface area contributed by atoms with Crippen molar-refractivity contribution in [3.05, 3.63) is 29.6 Å². The summed E-state index contributed by atoms with van der Waals surface area (Å²) in [6, 6.07) is 3.39. The van der Waals surface area contributed by atoms with Gasteiger partial charge in [0.2, 0.25) is 10.0 Å². The molecule has 1 fully saturated rings. The normalized spacial score (nSPS) is 21.9. The van der Waals surface area contributed by atoms with E-state index in [1.165, 1.54) is 6.07 Å². The fourth-order valence-corrected chi connectivity index (χ4v) is 3.67. The molecule has 1 atom stereocenters. The van der Waals surface area contributed by atoms with Gasteiger partial charge in [-0.3, -0.25) is 0 Å². The van der Waals surface area contributed by atoms with E-state index in [2.05, 4.69) is 16.6 Å². The van der Waals surface area contributed by atoms with Crippen LogP contribution in [0.1, 0.15) is 18.9 Å². The van der Waals surface area contributed by atoms with Gasteiger partial charge in [-0.15, -0.1) is 0 Å². The zero-order valence-corrected chi connectivity index (χ0v) is 12.5. The minimum atomic E-state index is -3.82. The van der Waals surface area contributed by atoms with Crippen molar-refractivity contribution >= 4 is 10.0 Å². The van der Waals surface area contributed by atoms with E-state index in [4.69, 9.17) is 10.5 Å². The summed E-state index contributed by atoms with van der Waals surface area (Å²) in [6.45, 7) is 2.64. The van der Waals surface area contributed by atoms with Gasteiger partial charge in [-0.2, -0.15) is 0 Å². The lowest BCUT2D eigenvalue weighted by Gasteiger charge is -2.23. The summed E-state index contributed by atoms with van der Waals surface area (Å²) in [5.41, 5.74) is 4.71. The molecule has 1 aliphatic rings.